The molecule has 0 aliphatic carbocycles. The second-order valence-electron chi connectivity index (χ2n) is 3.37. The molecule has 2 rings (SSSR count). The van der Waals surface area contributed by atoms with E-state index in [0.29, 0.717) is 0 Å². The molecule has 1 atom stereocenters. The molecule has 0 spiro atoms. The smallest absolute Gasteiger partial charge is 0.288 e. The number of carbonyl (C=O) groups excluding carboxylic acids is 1. The third kappa shape index (κ3) is 1.97. The van der Waals surface area contributed by atoms with Crippen molar-refractivity contribution in [3.8, 4) is 0 Å². The maximum absolute atomic E-state index is 11.8. The van der Waals surface area contributed by atoms with Crippen molar-refractivity contribution < 1.29 is 34.9 Å². The van der Waals surface area contributed by atoms with E-state index in [1.165, 1.54) is 0 Å². The minimum absolute atomic E-state index is 0.369. The largest absolute Gasteiger partial charge is 0.295 e. The molecule has 1 aromatic rings. The van der Waals surface area contributed by atoms with Crippen molar-refractivity contribution >= 4 is 37.3 Å². The molecular formula is C7H5NO8S3. The van der Waals surface area contributed by atoms with E-state index < -0.39 is 52.7 Å². The van der Waals surface area contributed by atoms with Gasteiger partial charge in [0.1, 0.15) is 9.79 Å². The van der Waals surface area contributed by atoms with E-state index in [4.69, 9.17) is 9.11 Å². The summed E-state index contributed by atoms with van der Waals surface area (Å²) in [5.41, 5.74) is -0.854. The highest BCUT2D eigenvalue weighted by Crippen LogP contribution is 2.34. The van der Waals surface area contributed by atoms with Crippen LogP contribution < -0.4 is 0 Å². The van der Waals surface area contributed by atoms with Gasteiger partial charge in [-0.05, 0) is 12.1 Å². The molecule has 12 heteroatoms. The van der Waals surface area contributed by atoms with Crippen LogP contribution in [0.15, 0.2) is 28.0 Å². The Labute approximate surface area is 110 Å². The zero-order chi connectivity index (χ0) is 14.6. The van der Waals surface area contributed by atoms with Gasteiger partial charge in [-0.2, -0.15) is 16.8 Å². The van der Waals surface area contributed by atoms with Gasteiger partial charge in [-0.15, -0.1) is 3.71 Å². The summed E-state index contributed by atoms with van der Waals surface area (Å²) in [6, 6.07) is 2.69. The fourth-order valence-electron chi connectivity index (χ4n) is 1.60. The first-order valence-corrected chi connectivity index (χ1v) is 8.34. The average molecular weight is 327 g/mol. The molecule has 9 nitrogen and oxygen atoms in total. The molecule has 1 heterocycles. The maximum atomic E-state index is 11.8. The lowest BCUT2D eigenvalue weighted by Gasteiger charge is -2.07. The molecule has 0 bridgehead atoms. The molecule has 1 unspecified atom stereocenters. The summed E-state index contributed by atoms with van der Waals surface area (Å²) in [5.74, 6) is -1.50. The average Bonchev–Trinajstić information content (AvgIpc) is 2.45. The van der Waals surface area contributed by atoms with E-state index in [9.17, 15) is 25.8 Å². The second-order valence-corrected chi connectivity index (χ2v) is 7.58. The topological polar surface area (TPSA) is 146 Å². The molecule has 1 aliphatic heterocycles. The highest BCUT2D eigenvalue weighted by Gasteiger charge is 2.47. The fraction of sp³-hybridized carbons (Fsp3) is 0. The highest BCUT2D eigenvalue weighted by molar-refractivity contribution is 8.00. The van der Waals surface area contributed by atoms with Crippen molar-refractivity contribution in [2.45, 2.75) is 9.79 Å². The van der Waals surface area contributed by atoms with Crippen LogP contribution >= 0.6 is 0 Å². The second kappa shape index (κ2) is 4.08. The maximum Gasteiger partial charge on any atom is 0.295 e. The Morgan fingerprint density at radius 2 is 1.84 bits per heavy atom. The van der Waals surface area contributed by atoms with Crippen LogP contribution in [0.5, 0.6) is 0 Å². The van der Waals surface area contributed by atoms with Gasteiger partial charge < -0.3 is 0 Å². The van der Waals surface area contributed by atoms with Crippen molar-refractivity contribution in [1.82, 2.24) is 3.71 Å². The minimum atomic E-state index is -4.85. The van der Waals surface area contributed by atoms with Gasteiger partial charge in [0.05, 0.1) is 5.56 Å². The summed E-state index contributed by atoms with van der Waals surface area (Å²) in [6.07, 6.45) is 0. The first-order valence-electron chi connectivity index (χ1n) is 4.39. The molecule has 1 aliphatic rings. The van der Waals surface area contributed by atoms with Crippen molar-refractivity contribution in [3.63, 3.8) is 0 Å². The van der Waals surface area contributed by atoms with E-state index in [-0.39, 0.29) is 3.71 Å². The summed E-state index contributed by atoms with van der Waals surface area (Å²) in [7, 11) is -9.47. The molecule has 104 valence electrons. The van der Waals surface area contributed by atoms with Gasteiger partial charge in [-0.1, -0.05) is 6.07 Å². The zero-order valence-corrected chi connectivity index (χ0v) is 11.2. The van der Waals surface area contributed by atoms with Crippen LogP contribution in [0, 0.1) is 0 Å². The lowest BCUT2D eigenvalue weighted by Crippen LogP contribution is -2.31. The molecular weight excluding hydrogens is 322 g/mol. The van der Waals surface area contributed by atoms with E-state index in [1.54, 1.807) is 0 Å². The SMILES string of the molecule is O=C1c2c(S(=O)(=O)O)cccc2S(=O)(=O)N1S(=O)O. The number of nitrogens with zero attached hydrogens (tertiary/aromatic N) is 1. The zero-order valence-electron chi connectivity index (χ0n) is 8.75. The molecule has 19 heavy (non-hydrogen) atoms. The van der Waals surface area contributed by atoms with Crippen LogP contribution in [0.4, 0.5) is 0 Å². The monoisotopic (exact) mass is 327 g/mol. The minimum Gasteiger partial charge on any atom is -0.288 e. The lowest BCUT2D eigenvalue weighted by atomic mass is 10.2. The van der Waals surface area contributed by atoms with Crippen molar-refractivity contribution in [1.29, 1.82) is 0 Å². The quantitative estimate of drug-likeness (QED) is 0.531. The van der Waals surface area contributed by atoms with Gasteiger partial charge in [0.15, 0.2) is 0 Å². The number of fused-ring (bicyclic) bond motifs is 1. The first-order chi connectivity index (χ1) is 8.58. The predicted octanol–water partition coefficient (Wildman–Crippen LogP) is -0.785. The van der Waals surface area contributed by atoms with E-state index in [0.717, 1.165) is 18.2 Å². The number of benzene rings is 1. The number of rotatable bonds is 2. The Hall–Kier alpha value is -1.34. The van der Waals surface area contributed by atoms with Crippen LogP contribution in [0.1, 0.15) is 10.4 Å². The Bertz CT molecular complexity index is 809. The van der Waals surface area contributed by atoms with Crippen LogP contribution in [-0.2, 0) is 31.4 Å². The summed E-state index contributed by atoms with van der Waals surface area (Å²) in [5, 5.41) is 0. The summed E-state index contributed by atoms with van der Waals surface area (Å²) in [4.78, 5) is 10.0. The van der Waals surface area contributed by atoms with Gasteiger partial charge >= 0.3 is 0 Å². The fourth-order valence-corrected chi connectivity index (χ4v) is 4.71. The number of hydrogen-bond donors (Lipinski definition) is 2. The van der Waals surface area contributed by atoms with Gasteiger partial charge in [0.25, 0.3) is 37.3 Å². The first kappa shape index (κ1) is 14.1. The van der Waals surface area contributed by atoms with Gasteiger partial charge in [0, 0.05) is 0 Å². The number of hydrogen-bond acceptors (Lipinski definition) is 6. The van der Waals surface area contributed by atoms with Gasteiger partial charge in [-0.25, -0.2) is 4.21 Å². The third-order valence-electron chi connectivity index (χ3n) is 2.28. The van der Waals surface area contributed by atoms with Gasteiger partial charge in [-0.3, -0.25) is 13.9 Å². The Kier molecular flexibility index (Phi) is 3.02. The molecule has 0 fully saturated rings. The van der Waals surface area contributed by atoms with Crippen LogP contribution in [0.25, 0.3) is 0 Å². The Morgan fingerprint density at radius 1 is 1.26 bits per heavy atom. The Balaban J connectivity index is 2.91. The normalized spacial score (nSPS) is 19.3. The van der Waals surface area contributed by atoms with Crippen LogP contribution in [0.2, 0.25) is 0 Å². The number of carbonyl (C=O) groups is 1. The third-order valence-corrected chi connectivity index (χ3v) is 6.10. The molecule has 0 saturated carbocycles. The number of sulfonamides is 1. The van der Waals surface area contributed by atoms with Crippen LogP contribution in [-0.4, -0.2) is 39.8 Å². The molecule has 0 aromatic heterocycles. The van der Waals surface area contributed by atoms with Gasteiger partial charge in [0.2, 0.25) is 0 Å². The molecule has 0 saturated heterocycles. The molecule has 1 amide bonds. The highest BCUT2D eigenvalue weighted by atomic mass is 32.3. The Morgan fingerprint density at radius 3 is 2.32 bits per heavy atom. The van der Waals surface area contributed by atoms with E-state index >= 15 is 0 Å². The van der Waals surface area contributed by atoms with Crippen molar-refractivity contribution in [2.75, 3.05) is 0 Å². The lowest BCUT2D eigenvalue weighted by molar-refractivity contribution is 0.0924. The molecule has 1 aromatic carbocycles. The van der Waals surface area contributed by atoms with Crippen molar-refractivity contribution in [3.05, 3.63) is 23.8 Å². The molecule has 0 radical (unpaired) electrons. The predicted molar refractivity (Wildman–Crippen MR) is 60.4 cm³/mol. The number of amides is 1. The summed E-state index contributed by atoms with van der Waals surface area (Å²) in [6.45, 7) is 0. The van der Waals surface area contributed by atoms with Crippen molar-refractivity contribution in [2.24, 2.45) is 0 Å². The van der Waals surface area contributed by atoms with E-state index in [2.05, 4.69) is 0 Å². The standard InChI is InChI=1S/C7H5NO8S3/c9-7-6-4(18(12,13)8(7)17(10)11)2-1-3-5(6)19(14,15)16/h1-3H,(H,10,11)(H,14,15,16). The van der Waals surface area contributed by atoms with Crippen LogP contribution in [0.3, 0.4) is 0 Å². The molecule has 2 N–H and O–H groups in total. The summed E-state index contributed by atoms with van der Waals surface area (Å²) < 4.78 is 74.0. The van der Waals surface area contributed by atoms with E-state index in [1.807, 2.05) is 0 Å². The summed E-state index contributed by atoms with van der Waals surface area (Å²) >= 11 is -3.18.